The van der Waals surface area contributed by atoms with Crippen LogP contribution in [-0.4, -0.2) is 31.5 Å². The SMILES string of the molecule is CCNC(=O)c1cccc(CNC(=NC)NC(C)CCC(C)C)c1. The van der Waals surface area contributed by atoms with Crippen molar-refractivity contribution in [3.05, 3.63) is 35.4 Å². The summed E-state index contributed by atoms with van der Waals surface area (Å²) in [7, 11) is 1.77. The van der Waals surface area contributed by atoms with Crippen molar-refractivity contribution in [3.63, 3.8) is 0 Å². The fourth-order valence-corrected chi connectivity index (χ4v) is 2.35. The van der Waals surface area contributed by atoms with E-state index in [2.05, 4.69) is 41.7 Å². The summed E-state index contributed by atoms with van der Waals surface area (Å²) in [6.07, 6.45) is 2.31. The summed E-state index contributed by atoms with van der Waals surface area (Å²) in [5.41, 5.74) is 1.74. The van der Waals surface area contributed by atoms with Crippen LogP contribution in [0.4, 0.5) is 0 Å². The highest BCUT2D eigenvalue weighted by Crippen LogP contribution is 2.07. The van der Waals surface area contributed by atoms with E-state index in [9.17, 15) is 4.79 Å². The fraction of sp³-hybridized carbons (Fsp3) is 0.579. The Labute approximate surface area is 146 Å². The highest BCUT2D eigenvalue weighted by molar-refractivity contribution is 5.94. The Morgan fingerprint density at radius 2 is 1.92 bits per heavy atom. The van der Waals surface area contributed by atoms with Crippen LogP contribution in [0.1, 0.15) is 56.5 Å². The number of carbonyl (C=O) groups is 1. The molecule has 1 aromatic carbocycles. The van der Waals surface area contributed by atoms with Gasteiger partial charge in [-0.1, -0.05) is 26.0 Å². The largest absolute Gasteiger partial charge is 0.354 e. The summed E-state index contributed by atoms with van der Waals surface area (Å²) in [5, 5.41) is 9.54. The molecule has 0 fully saturated rings. The van der Waals surface area contributed by atoms with Gasteiger partial charge < -0.3 is 16.0 Å². The number of benzene rings is 1. The lowest BCUT2D eigenvalue weighted by Crippen LogP contribution is -2.42. The summed E-state index contributed by atoms with van der Waals surface area (Å²) >= 11 is 0. The molecule has 0 aliphatic rings. The molecule has 0 spiro atoms. The summed E-state index contributed by atoms with van der Waals surface area (Å²) in [6.45, 7) is 9.82. The Kier molecular flexibility index (Phi) is 8.90. The number of guanidine groups is 1. The van der Waals surface area contributed by atoms with Crippen LogP contribution < -0.4 is 16.0 Å². The third-order valence-electron chi connectivity index (χ3n) is 3.77. The molecule has 0 aliphatic carbocycles. The molecular weight excluding hydrogens is 300 g/mol. The van der Waals surface area contributed by atoms with Crippen molar-refractivity contribution in [1.29, 1.82) is 0 Å². The first-order valence-corrected chi connectivity index (χ1v) is 8.80. The van der Waals surface area contributed by atoms with E-state index in [4.69, 9.17) is 0 Å². The monoisotopic (exact) mass is 332 g/mol. The van der Waals surface area contributed by atoms with Gasteiger partial charge in [0.25, 0.3) is 5.91 Å². The van der Waals surface area contributed by atoms with Crippen LogP contribution in [0, 0.1) is 5.92 Å². The second kappa shape index (κ2) is 10.7. The van der Waals surface area contributed by atoms with Crippen molar-refractivity contribution in [2.24, 2.45) is 10.9 Å². The number of nitrogens with one attached hydrogen (secondary N) is 3. The van der Waals surface area contributed by atoms with Crippen molar-refractivity contribution in [1.82, 2.24) is 16.0 Å². The first-order valence-electron chi connectivity index (χ1n) is 8.80. The second-order valence-corrected chi connectivity index (χ2v) is 6.50. The minimum absolute atomic E-state index is 0.0378. The Morgan fingerprint density at radius 3 is 2.54 bits per heavy atom. The first-order chi connectivity index (χ1) is 11.5. The van der Waals surface area contributed by atoms with Crippen molar-refractivity contribution in [2.75, 3.05) is 13.6 Å². The molecule has 1 rings (SSSR count). The molecule has 0 saturated heterocycles. The molecule has 0 heterocycles. The third kappa shape index (κ3) is 7.49. The molecule has 1 amide bonds. The number of amides is 1. The van der Waals surface area contributed by atoms with Gasteiger partial charge in [-0.05, 0) is 50.3 Å². The molecule has 1 unspecified atom stereocenters. The van der Waals surface area contributed by atoms with E-state index in [1.54, 1.807) is 7.05 Å². The predicted octanol–water partition coefficient (Wildman–Crippen LogP) is 2.93. The van der Waals surface area contributed by atoms with E-state index in [1.807, 2.05) is 31.2 Å². The number of rotatable bonds is 8. The average Bonchev–Trinajstić information content (AvgIpc) is 2.57. The van der Waals surface area contributed by atoms with E-state index >= 15 is 0 Å². The van der Waals surface area contributed by atoms with Crippen LogP contribution in [0.15, 0.2) is 29.3 Å². The van der Waals surface area contributed by atoms with Crippen molar-refractivity contribution < 1.29 is 4.79 Å². The van der Waals surface area contributed by atoms with Gasteiger partial charge in [-0.25, -0.2) is 0 Å². The van der Waals surface area contributed by atoms with Crippen molar-refractivity contribution >= 4 is 11.9 Å². The van der Waals surface area contributed by atoms with E-state index in [-0.39, 0.29) is 5.91 Å². The quantitative estimate of drug-likeness (QED) is 0.506. The zero-order valence-electron chi connectivity index (χ0n) is 15.6. The summed E-state index contributed by atoms with van der Waals surface area (Å²) in [6, 6.07) is 8.03. The molecule has 5 heteroatoms. The lowest BCUT2D eigenvalue weighted by Gasteiger charge is -2.19. The van der Waals surface area contributed by atoms with Crippen LogP contribution in [0.3, 0.4) is 0 Å². The van der Waals surface area contributed by atoms with Crippen LogP contribution >= 0.6 is 0 Å². The van der Waals surface area contributed by atoms with Gasteiger partial charge in [-0.2, -0.15) is 0 Å². The highest BCUT2D eigenvalue weighted by Gasteiger charge is 2.08. The minimum atomic E-state index is -0.0378. The molecule has 0 saturated carbocycles. The Morgan fingerprint density at radius 1 is 1.17 bits per heavy atom. The molecule has 5 nitrogen and oxygen atoms in total. The number of aliphatic imine (C=N–C) groups is 1. The second-order valence-electron chi connectivity index (χ2n) is 6.50. The van der Waals surface area contributed by atoms with Gasteiger partial charge >= 0.3 is 0 Å². The van der Waals surface area contributed by atoms with Gasteiger partial charge in [0.1, 0.15) is 0 Å². The molecule has 0 bridgehead atoms. The van der Waals surface area contributed by atoms with Crippen LogP contribution in [-0.2, 0) is 6.54 Å². The standard InChI is InChI=1S/C19H32N4O/c1-6-21-18(24)17-9-7-8-16(12-17)13-22-19(20-5)23-15(4)11-10-14(2)3/h7-9,12,14-15H,6,10-11,13H2,1-5H3,(H,21,24)(H2,20,22,23). The van der Waals surface area contributed by atoms with Gasteiger partial charge in [0.15, 0.2) is 5.96 Å². The zero-order chi connectivity index (χ0) is 17.9. The summed E-state index contributed by atoms with van der Waals surface area (Å²) in [5.74, 6) is 1.46. The maximum absolute atomic E-state index is 11.9. The maximum Gasteiger partial charge on any atom is 0.251 e. The number of hydrogen-bond donors (Lipinski definition) is 3. The van der Waals surface area contributed by atoms with E-state index in [0.717, 1.165) is 17.9 Å². The van der Waals surface area contributed by atoms with Gasteiger partial charge in [-0.3, -0.25) is 9.79 Å². The average molecular weight is 332 g/mol. The fourth-order valence-electron chi connectivity index (χ4n) is 2.35. The van der Waals surface area contributed by atoms with Crippen LogP contribution in [0.2, 0.25) is 0 Å². The first kappa shape index (κ1) is 20.0. The Bertz CT molecular complexity index is 540. The molecule has 0 aliphatic heterocycles. The van der Waals surface area contributed by atoms with Crippen LogP contribution in [0.25, 0.3) is 0 Å². The number of nitrogens with zero attached hydrogens (tertiary/aromatic N) is 1. The molecule has 24 heavy (non-hydrogen) atoms. The zero-order valence-corrected chi connectivity index (χ0v) is 15.6. The molecule has 134 valence electrons. The lowest BCUT2D eigenvalue weighted by atomic mass is 10.0. The van der Waals surface area contributed by atoms with Crippen LogP contribution in [0.5, 0.6) is 0 Å². The van der Waals surface area contributed by atoms with E-state index in [1.165, 1.54) is 6.42 Å². The van der Waals surface area contributed by atoms with E-state index in [0.29, 0.717) is 30.6 Å². The Hall–Kier alpha value is -2.04. The minimum Gasteiger partial charge on any atom is -0.354 e. The molecular formula is C19H32N4O. The summed E-state index contributed by atoms with van der Waals surface area (Å²) < 4.78 is 0. The van der Waals surface area contributed by atoms with Gasteiger partial charge in [0.2, 0.25) is 0 Å². The van der Waals surface area contributed by atoms with Crippen molar-refractivity contribution in [3.8, 4) is 0 Å². The lowest BCUT2D eigenvalue weighted by molar-refractivity contribution is 0.0955. The molecule has 1 atom stereocenters. The van der Waals surface area contributed by atoms with E-state index < -0.39 is 0 Å². The molecule has 3 N–H and O–H groups in total. The van der Waals surface area contributed by atoms with Crippen molar-refractivity contribution in [2.45, 2.75) is 53.1 Å². The third-order valence-corrected chi connectivity index (χ3v) is 3.77. The smallest absolute Gasteiger partial charge is 0.251 e. The highest BCUT2D eigenvalue weighted by atomic mass is 16.1. The normalized spacial score (nSPS) is 12.8. The number of carbonyl (C=O) groups excluding carboxylic acids is 1. The van der Waals surface area contributed by atoms with Gasteiger partial charge in [0, 0.05) is 31.7 Å². The molecule has 0 radical (unpaired) electrons. The number of hydrogen-bond acceptors (Lipinski definition) is 2. The van der Waals surface area contributed by atoms with Gasteiger partial charge in [-0.15, -0.1) is 0 Å². The molecule has 1 aromatic rings. The molecule has 0 aromatic heterocycles. The predicted molar refractivity (Wildman–Crippen MR) is 101 cm³/mol. The van der Waals surface area contributed by atoms with Gasteiger partial charge in [0.05, 0.1) is 0 Å². The topological polar surface area (TPSA) is 65.5 Å². The summed E-state index contributed by atoms with van der Waals surface area (Å²) in [4.78, 5) is 16.2. The Balaban J connectivity index is 2.54. The maximum atomic E-state index is 11.9.